The molecule has 0 amide bonds. The number of H-pyrrole nitrogens is 2. The molecule has 0 saturated heterocycles. The van der Waals surface area contributed by atoms with Crippen LogP contribution in [-0.2, 0) is 6.42 Å². The van der Waals surface area contributed by atoms with Gasteiger partial charge in [0, 0.05) is 17.7 Å². The van der Waals surface area contributed by atoms with E-state index in [1.165, 1.54) is 6.07 Å². The Hall–Kier alpha value is -1.84. The average Bonchev–Trinajstić information content (AvgIpc) is 2.53. The Morgan fingerprint density at radius 1 is 1.25 bits per heavy atom. The molecule has 0 aliphatic heterocycles. The zero-order valence-corrected chi connectivity index (χ0v) is 9.23. The highest BCUT2D eigenvalue weighted by atomic mass is 19.1. The molecule has 0 unspecified atom stereocenters. The van der Waals surface area contributed by atoms with E-state index >= 15 is 0 Å². The predicted octanol–water partition coefficient (Wildman–Crippen LogP) is 2.05. The SMILES string of the molecule is Cc1ccc(Cc2c(C)[nH][nH]c2=O)c(F)c1. The van der Waals surface area contributed by atoms with E-state index in [2.05, 4.69) is 10.2 Å². The molecule has 84 valence electrons. The quantitative estimate of drug-likeness (QED) is 0.799. The van der Waals surface area contributed by atoms with E-state index in [4.69, 9.17) is 0 Å². The van der Waals surface area contributed by atoms with Crippen LogP contribution in [0, 0.1) is 19.7 Å². The van der Waals surface area contributed by atoms with Gasteiger partial charge >= 0.3 is 0 Å². The molecule has 0 saturated carbocycles. The zero-order chi connectivity index (χ0) is 11.7. The van der Waals surface area contributed by atoms with Crippen LogP contribution in [0.3, 0.4) is 0 Å². The molecule has 1 heterocycles. The van der Waals surface area contributed by atoms with Crippen molar-refractivity contribution in [3.05, 3.63) is 56.8 Å². The van der Waals surface area contributed by atoms with Crippen LogP contribution in [0.15, 0.2) is 23.0 Å². The summed E-state index contributed by atoms with van der Waals surface area (Å²) in [5.74, 6) is -0.264. The minimum atomic E-state index is -0.264. The Kier molecular flexibility index (Phi) is 2.64. The molecule has 3 nitrogen and oxygen atoms in total. The van der Waals surface area contributed by atoms with E-state index in [9.17, 15) is 9.18 Å². The summed E-state index contributed by atoms with van der Waals surface area (Å²) in [7, 11) is 0. The van der Waals surface area contributed by atoms with E-state index in [1.807, 2.05) is 13.0 Å². The number of halogens is 1. The average molecular weight is 220 g/mol. The van der Waals surface area contributed by atoms with Crippen molar-refractivity contribution < 1.29 is 4.39 Å². The van der Waals surface area contributed by atoms with Gasteiger partial charge in [0.2, 0.25) is 0 Å². The molecule has 0 fully saturated rings. The van der Waals surface area contributed by atoms with Gasteiger partial charge in [0.15, 0.2) is 0 Å². The third-order valence-electron chi connectivity index (χ3n) is 2.67. The van der Waals surface area contributed by atoms with Crippen LogP contribution in [-0.4, -0.2) is 10.2 Å². The lowest BCUT2D eigenvalue weighted by atomic mass is 10.0. The monoisotopic (exact) mass is 220 g/mol. The maximum absolute atomic E-state index is 13.6. The van der Waals surface area contributed by atoms with Gasteiger partial charge in [0.1, 0.15) is 5.82 Å². The molecule has 0 bridgehead atoms. The standard InChI is InChI=1S/C12H13FN2O/c1-7-3-4-9(11(13)5-7)6-10-8(2)14-15-12(10)16/h3-5H,6H2,1-2H3,(H2,14,15,16). The Bertz CT molecular complexity index is 569. The van der Waals surface area contributed by atoms with Crippen molar-refractivity contribution in [2.75, 3.05) is 0 Å². The summed E-state index contributed by atoms with van der Waals surface area (Å²) >= 11 is 0. The first kappa shape index (κ1) is 10.7. The van der Waals surface area contributed by atoms with Crippen molar-refractivity contribution in [3.8, 4) is 0 Å². The van der Waals surface area contributed by atoms with E-state index in [-0.39, 0.29) is 11.4 Å². The van der Waals surface area contributed by atoms with Crippen LogP contribution < -0.4 is 5.56 Å². The Balaban J connectivity index is 2.38. The second-order valence-corrected chi connectivity index (χ2v) is 3.95. The lowest BCUT2D eigenvalue weighted by Crippen LogP contribution is -2.07. The number of hydrogen-bond donors (Lipinski definition) is 2. The normalized spacial score (nSPS) is 10.7. The Labute approximate surface area is 92.3 Å². The molecule has 2 N–H and O–H groups in total. The molecule has 2 rings (SSSR count). The number of aryl methyl sites for hydroxylation is 2. The zero-order valence-electron chi connectivity index (χ0n) is 9.23. The number of aromatic nitrogens is 2. The first-order valence-corrected chi connectivity index (χ1v) is 5.09. The lowest BCUT2D eigenvalue weighted by molar-refractivity contribution is 0.612. The molecule has 0 radical (unpaired) electrons. The first-order valence-electron chi connectivity index (χ1n) is 5.09. The smallest absolute Gasteiger partial charge is 0.267 e. The van der Waals surface area contributed by atoms with Gasteiger partial charge < -0.3 is 5.10 Å². The summed E-state index contributed by atoms with van der Waals surface area (Å²) in [6.07, 6.45) is 0.316. The summed E-state index contributed by atoms with van der Waals surface area (Å²) in [6, 6.07) is 5.04. The van der Waals surface area contributed by atoms with E-state index < -0.39 is 0 Å². The minimum Gasteiger partial charge on any atom is -0.302 e. The highest BCUT2D eigenvalue weighted by Crippen LogP contribution is 2.14. The third-order valence-corrected chi connectivity index (χ3v) is 2.67. The van der Waals surface area contributed by atoms with E-state index in [0.29, 0.717) is 17.5 Å². The van der Waals surface area contributed by atoms with Crippen LogP contribution in [0.25, 0.3) is 0 Å². The van der Waals surface area contributed by atoms with Gasteiger partial charge in [-0.05, 0) is 31.0 Å². The van der Waals surface area contributed by atoms with Crippen molar-refractivity contribution >= 4 is 0 Å². The van der Waals surface area contributed by atoms with Gasteiger partial charge in [-0.3, -0.25) is 9.89 Å². The summed E-state index contributed by atoms with van der Waals surface area (Å²) in [5.41, 5.74) is 2.57. The summed E-state index contributed by atoms with van der Waals surface area (Å²) < 4.78 is 13.6. The fourth-order valence-electron chi connectivity index (χ4n) is 1.67. The highest BCUT2D eigenvalue weighted by Gasteiger charge is 2.10. The number of aromatic amines is 2. The second-order valence-electron chi connectivity index (χ2n) is 3.95. The van der Waals surface area contributed by atoms with E-state index in [1.54, 1.807) is 13.0 Å². The number of rotatable bonds is 2. The van der Waals surface area contributed by atoms with Crippen molar-refractivity contribution in [1.29, 1.82) is 0 Å². The van der Waals surface area contributed by atoms with Crippen molar-refractivity contribution in [1.82, 2.24) is 10.2 Å². The first-order chi connectivity index (χ1) is 7.58. The Morgan fingerprint density at radius 3 is 2.56 bits per heavy atom. The molecule has 0 aliphatic carbocycles. The molecule has 1 aromatic carbocycles. The van der Waals surface area contributed by atoms with Crippen molar-refractivity contribution in [2.45, 2.75) is 20.3 Å². The highest BCUT2D eigenvalue weighted by molar-refractivity contribution is 5.30. The molecule has 1 aromatic heterocycles. The summed E-state index contributed by atoms with van der Waals surface area (Å²) in [5, 5.41) is 5.21. The third kappa shape index (κ3) is 1.91. The number of benzene rings is 1. The molecule has 0 aliphatic rings. The minimum absolute atomic E-state index is 0.183. The van der Waals surface area contributed by atoms with Gasteiger partial charge in [0.05, 0.1) is 0 Å². The maximum atomic E-state index is 13.6. The van der Waals surface area contributed by atoms with Gasteiger partial charge in [-0.2, -0.15) is 0 Å². The molecular weight excluding hydrogens is 207 g/mol. The lowest BCUT2D eigenvalue weighted by Gasteiger charge is -2.02. The molecule has 4 heteroatoms. The fraction of sp³-hybridized carbons (Fsp3) is 0.250. The van der Waals surface area contributed by atoms with Gasteiger partial charge in [0.25, 0.3) is 5.56 Å². The van der Waals surface area contributed by atoms with Crippen LogP contribution >= 0.6 is 0 Å². The van der Waals surface area contributed by atoms with Gasteiger partial charge in [-0.15, -0.1) is 0 Å². The summed E-state index contributed by atoms with van der Waals surface area (Å²) in [6.45, 7) is 3.63. The Morgan fingerprint density at radius 2 is 2.00 bits per heavy atom. The molecule has 2 aromatic rings. The number of hydrogen-bond acceptors (Lipinski definition) is 1. The van der Waals surface area contributed by atoms with E-state index in [0.717, 1.165) is 11.3 Å². The fourth-order valence-corrected chi connectivity index (χ4v) is 1.67. The molecule has 16 heavy (non-hydrogen) atoms. The van der Waals surface area contributed by atoms with Crippen LogP contribution in [0.5, 0.6) is 0 Å². The second kappa shape index (κ2) is 3.96. The molecular formula is C12H13FN2O. The van der Waals surface area contributed by atoms with Gasteiger partial charge in [-0.25, -0.2) is 4.39 Å². The number of nitrogens with one attached hydrogen (secondary N) is 2. The van der Waals surface area contributed by atoms with Crippen molar-refractivity contribution in [3.63, 3.8) is 0 Å². The maximum Gasteiger partial charge on any atom is 0.267 e. The van der Waals surface area contributed by atoms with Crippen LogP contribution in [0.2, 0.25) is 0 Å². The largest absolute Gasteiger partial charge is 0.302 e. The topological polar surface area (TPSA) is 48.6 Å². The molecule has 0 atom stereocenters. The summed E-state index contributed by atoms with van der Waals surface area (Å²) in [4.78, 5) is 11.4. The molecule has 0 spiro atoms. The van der Waals surface area contributed by atoms with Crippen molar-refractivity contribution in [2.24, 2.45) is 0 Å². The van der Waals surface area contributed by atoms with Gasteiger partial charge in [-0.1, -0.05) is 12.1 Å². The van der Waals surface area contributed by atoms with Crippen LogP contribution in [0.1, 0.15) is 22.4 Å². The van der Waals surface area contributed by atoms with Crippen LogP contribution in [0.4, 0.5) is 4.39 Å². The predicted molar refractivity (Wildman–Crippen MR) is 60.1 cm³/mol.